The molecule has 0 spiro atoms. The maximum atomic E-state index is 5.30. The van der Waals surface area contributed by atoms with Gasteiger partial charge in [0.15, 0.2) is 0 Å². The number of hydrogen-bond acceptors (Lipinski definition) is 5. The summed E-state index contributed by atoms with van der Waals surface area (Å²) in [7, 11) is 0. The molecule has 5 nitrogen and oxygen atoms in total. The van der Waals surface area contributed by atoms with Gasteiger partial charge < -0.3 is 0 Å². The Bertz CT molecular complexity index is 371. The number of hydrazine groups is 1. The van der Waals surface area contributed by atoms with E-state index in [1.165, 1.54) is 0 Å². The molecule has 0 atom stereocenters. The van der Waals surface area contributed by atoms with Crippen LogP contribution in [0.1, 0.15) is 5.56 Å². The quantitative estimate of drug-likeness (QED) is 0.408. The molecule has 1 aliphatic rings. The third-order valence-electron chi connectivity index (χ3n) is 2.09. The molecule has 0 aromatic heterocycles. The SMILES string of the molecule is NNC1=NCCN1/N=C/c1ccccc1. The molecule has 0 fully saturated rings. The molecule has 3 N–H and O–H groups in total. The van der Waals surface area contributed by atoms with Gasteiger partial charge in [-0.25, -0.2) is 15.8 Å². The lowest BCUT2D eigenvalue weighted by molar-refractivity contribution is 0.475. The van der Waals surface area contributed by atoms with Gasteiger partial charge in [-0.3, -0.25) is 5.43 Å². The van der Waals surface area contributed by atoms with Crippen LogP contribution in [0.2, 0.25) is 0 Å². The Morgan fingerprint density at radius 1 is 1.40 bits per heavy atom. The van der Waals surface area contributed by atoms with E-state index in [1.54, 1.807) is 11.2 Å². The zero-order chi connectivity index (χ0) is 10.5. The molecule has 5 heteroatoms. The van der Waals surface area contributed by atoms with Gasteiger partial charge in [0.2, 0.25) is 5.96 Å². The topological polar surface area (TPSA) is 66.0 Å². The third-order valence-corrected chi connectivity index (χ3v) is 2.09. The molecule has 0 radical (unpaired) electrons. The van der Waals surface area contributed by atoms with Crippen LogP contribution in [0.3, 0.4) is 0 Å². The average molecular weight is 203 g/mol. The molecule has 0 saturated carbocycles. The summed E-state index contributed by atoms with van der Waals surface area (Å²) in [5.41, 5.74) is 3.57. The van der Waals surface area contributed by atoms with Crippen LogP contribution in [0.4, 0.5) is 0 Å². The lowest BCUT2D eigenvalue weighted by atomic mass is 10.2. The molecule has 1 aromatic carbocycles. The fraction of sp³-hybridized carbons (Fsp3) is 0.200. The van der Waals surface area contributed by atoms with Crippen LogP contribution in [0, 0.1) is 0 Å². The highest BCUT2D eigenvalue weighted by atomic mass is 15.6. The van der Waals surface area contributed by atoms with Gasteiger partial charge in [-0.15, -0.1) is 0 Å². The highest BCUT2D eigenvalue weighted by Crippen LogP contribution is 2.00. The molecule has 2 rings (SSSR count). The molecule has 0 bridgehead atoms. The van der Waals surface area contributed by atoms with E-state index >= 15 is 0 Å². The summed E-state index contributed by atoms with van der Waals surface area (Å²) in [6, 6.07) is 9.91. The molecular formula is C10H13N5. The van der Waals surface area contributed by atoms with E-state index in [4.69, 9.17) is 5.84 Å². The molecule has 1 aliphatic heterocycles. The van der Waals surface area contributed by atoms with E-state index < -0.39 is 0 Å². The number of hydrazone groups is 1. The van der Waals surface area contributed by atoms with E-state index in [9.17, 15) is 0 Å². The fourth-order valence-electron chi connectivity index (χ4n) is 1.35. The first-order valence-corrected chi connectivity index (χ1v) is 4.78. The van der Waals surface area contributed by atoms with Crippen LogP contribution in [0.25, 0.3) is 0 Å². The van der Waals surface area contributed by atoms with Crippen LogP contribution in [-0.2, 0) is 0 Å². The van der Waals surface area contributed by atoms with Gasteiger partial charge in [-0.05, 0) is 5.56 Å². The van der Waals surface area contributed by atoms with Crippen molar-refractivity contribution < 1.29 is 0 Å². The van der Waals surface area contributed by atoms with Gasteiger partial charge in [0.1, 0.15) is 0 Å². The van der Waals surface area contributed by atoms with Crippen molar-refractivity contribution in [2.45, 2.75) is 0 Å². The van der Waals surface area contributed by atoms with Crippen LogP contribution in [0.15, 0.2) is 40.4 Å². The third kappa shape index (κ3) is 2.32. The molecule has 0 aliphatic carbocycles. The summed E-state index contributed by atoms with van der Waals surface area (Å²) in [4.78, 5) is 4.14. The second-order valence-corrected chi connectivity index (χ2v) is 3.13. The predicted molar refractivity (Wildman–Crippen MR) is 60.4 cm³/mol. The summed E-state index contributed by atoms with van der Waals surface area (Å²) in [6.07, 6.45) is 1.79. The van der Waals surface area contributed by atoms with Crippen molar-refractivity contribution >= 4 is 12.2 Å². The molecule has 0 saturated heterocycles. The number of benzene rings is 1. The van der Waals surface area contributed by atoms with Crippen LogP contribution < -0.4 is 11.3 Å². The Morgan fingerprint density at radius 2 is 2.20 bits per heavy atom. The monoisotopic (exact) mass is 203 g/mol. The van der Waals surface area contributed by atoms with Gasteiger partial charge in [0.25, 0.3) is 0 Å². The van der Waals surface area contributed by atoms with E-state index in [2.05, 4.69) is 15.5 Å². The van der Waals surface area contributed by atoms with E-state index in [0.717, 1.165) is 18.7 Å². The lowest BCUT2D eigenvalue weighted by Gasteiger charge is -2.12. The highest BCUT2D eigenvalue weighted by Gasteiger charge is 2.13. The van der Waals surface area contributed by atoms with Crippen molar-refractivity contribution in [2.24, 2.45) is 15.9 Å². The Hall–Kier alpha value is -1.88. The minimum atomic E-state index is 0.613. The molecular weight excluding hydrogens is 190 g/mol. The van der Waals surface area contributed by atoms with Gasteiger partial charge in [-0.2, -0.15) is 5.10 Å². The Balaban J connectivity index is 2.03. The minimum Gasteiger partial charge on any atom is -0.293 e. The van der Waals surface area contributed by atoms with Crippen molar-refractivity contribution in [3.8, 4) is 0 Å². The molecule has 0 amide bonds. The van der Waals surface area contributed by atoms with Gasteiger partial charge in [0.05, 0.1) is 19.3 Å². The van der Waals surface area contributed by atoms with Gasteiger partial charge in [0, 0.05) is 0 Å². The first kappa shape index (κ1) is 9.67. The number of rotatable bonds is 2. The van der Waals surface area contributed by atoms with Crippen molar-refractivity contribution in [1.82, 2.24) is 10.4 Å². The van der Waals surface area contributed by atoms with Crippen LogP contribution in [0.5, 0.6) is 0 Å². The summed E-state index contributed by atoms with van der Waals surface area (Å²) in [5.74, 6) is 5.91. The largest absolute Gasteiger partial charge is 0.293 e. The molecule has 0 unspecified atom stereocenters. The van der Waals surface area contributed by atoms with Crippen LogP contribution in [-0.4, -0.2) is 30.3 Å². The van der Waals surface area contributed by atoms with E-state index in [1.807, 2.05) is 30.3 Å². The molecule has 1 aromatic rings. The van der Waals surface area contributed by atoms with Crippen molar-refractivity contribution in [3.63, 3.8) is 0 Å². The number of hydrogen-bond donors (Lipinski definition) is 2. The lowest BCUT2D eigenvalue weighted by Crippen LogP contribution is -2.39. The summed E-state index contributed by atoms with van der Waals surface area (Å²) in [5, 5.41) is 6.02. The van der Waals surface area contributed by atoms with Crippen LogP contribution >= 0.6 is 0 Å². The normalized spacial score (nSPS) is 15.8. The van der Waals surface area contributed by atoms with Gasteiger partial charge in [-0.1, -0.05) is 30.3 Å². The maximum Gasteiger partial charge on any atom is 0.229 e. The fourth-order valence-corrected chi connectivity index (χ4v) is 1.35. The Morgan fingerprint density at radius 3 is 2.93 bits per heavy atom. The number of aliphatic imine (C=N–C) groups is 1. The maximum absolute atomic E-state index is 5.30. The van der Waals surface area contributed by atoms with Crippen molar-refractivity contribution in [1.29, 1.82) is 0 Å². The zero-order valence-electron chi connectivity index (χ0n) is 8.30. The second kappa shape index (κ2) is 4.56. The molecule has 1 heterocycles. The van der Waals surface area contributed by atoms with Gasteiger partial charge >= 0.3 is 0 Å². The average Bonchev–Trinajstić information content (AvgIpc) is 2.75. The number of guanidine groups is 1. The first-order valence-electron chi connectivity index (χ1n) is 4.78. The Kier molecular flexibility index (Phi) is 2.94. The number of nitrogens with zero attached hydrogens (tertiary/aromatic N) is 3. The summed E-state index contributed by atoms with van der Waals surface area (Å²) >= 11 is 0. The highest BCUT2D eigenvalue weighted by molar-refractivity contribution is 5.84. The first-order chi connectivity index (χ1) is 7.40. The molecule has 78 valence electrons. The number of nitrogens with one attached hydrogen (secondary N) is 1. The summed E-state index contributed by atoms with van der Waals surface area (Å²) in [6.45, 7) is 1.49. The minimum absolute atomic E-state index is 0.613. The smallest absolute Gasteiger partial charge is 0.229 e. The predicted octanol–water partition coefficient (Wildman–Crippen LogP) is 0.155. The van der Waals surface area contributed by atoms with E-state index in [0.29, 0.717) is 5.96 Å². The standard InChI is InChI=1S/C10H13N5/c11-14-10-12-6-7-15(10)13-8-9-4-2-1-3-5-9/h1-5,8H,6-7,11H2,(H,12,14)/b13-8+. The second-order valence-electron chi connectivity index (χ2n) is 3.13. The Labute approximate surface area is 88.3 Å². The van der Waals surface area contributed by atoms with E-state index in [-0.39, 0.29) is 0 Å². The zero-order valence-corrected chi connectivity index (χ0v) is 8.30. The van der Waals surface area contributed by atoms with Crippen molar-refractivity contribution in [3.05, 3.63) is 35.9 Å². The van der Waals surface area contributed by atoms with Crippen molar-refractivity contribution in [2.75, 3.05) is 13.1 Å². The molecule has 15 heavy (non-hydrogen) atoms. The summed E-state index contributed by atoms with van der Waals surface area (Å²) < 4.78 is 0. The number of nitrogens with two attached hydrogens (primary N) is 1.